The molecule has 7 nitrogen and oxygen atoms in total. The highest BCUT2D eigenvalue weighted by Gasteiger charge is 2.64. The van der Waals surface area contributed by atoms with Gasteiger partial charge in [-0.1, -0.05) is 0 Å². The zero-order valence-electron chi connectivity index (χ0n) is 13.5. The molecule has 2 aliphatic rings. The Kier molecular flexibility index (Phi) is 2.68. The third kappa shape index (κ3) is 1.54. The molecule has 0 unspecified atom stereocenters. The molecule has 7 heteroatoms. The molecular weight excluding hydrogens is 310 g/mol. The molecule has 2 aromatic heterocycles. The van der Waals surface area contributed by atoms with E-state index >= 15 is 0 Å². The Bertz CT molecular complexity index is 929. The van der Waals surface area contributed by atoms with Gasteiger partial charge in [0.25, 0.3) is 0 Å². The smallest absolute Gasteiger partial charge is 0.205 e. The van der Waals surface area contributed by atoms with Crippen molar-refractivity contribution in [2.45, 2.75) is 44.5 Å². The number of aromatic hydroxyl groups is 2. The van der Waals surface area contributed by atoms with Gasteiger partial charge in [0.2, 0.25) is 11.8 Å². The largest absolute Gasteiger partial charge is 0.494 e. The summed E-state index contributed by atoms with van der Waals surface area (Å²) in [6, 6.07) is 3.66. The first kappa shape index (κ1) is 15.0. The second kappa shape index (κ2) is 4.29. The van der Waals surface area contributed by atoms with E-state index in [-0.39, 0.29) is 17.5 Å². The summed E-state index contributed by atoms with van der Waals surface area (Å²) in [6.07, 6.45) is 0.999. The van der Waals surface area contributed by atoms with E-state index in [9.17, 15) is 15.3 Å². The average Bonchev–Trinajstić information content (AvgIpc) is 3.01. The van der Waals surface area contributed by atoms with Crippen LogP contribution in [-0.2, 0) is 15.9 Å². The number of rotatable bonds is 1. The summed E-state index contributed by atoms with van der Waals surface area (Å²) in [6.45, 7) is 5.24. The number of hydrogen-bond acceptors (Lipinski definition) is 6. The molecule has 1 saturated heterocycles. The van der Waals surface area contributed by atoms with E-state index in [0.29, 0.717) is 28.8 Å². The molecule has 0 amide bonds. The van der Waals surface area contributed by atoms with Crippen molar-refractivity contribution in [2.24, 2.45) is 0 Å². The molecule has 4 heterocycles. The van der Waals surface area contributed by atoms with E-state index in [4.69, 9.17) is 10.00 Å². The number of aryl methyl sites for hydroxylation is 1. The molecule has 124 valence electrons. The van der Waals surface area contributed by atoms with Crippen molar-refractivity contribution in [3.8, 4) is 23.5 Å². The maximum Gasteiger partial charge on any atom is 0.205 e. The van der Waals surface area contributed by atoms with Gasteiger partial charge >= 0.3 is 0 Å². The first-order valence-electron chi connectivity index (χ1n) is 7.66. The van der Waals surface area contributed by atoms with Gasteiger partial charge in [0.1, 0.15) is 17.4 Å². The number of pyridine rings is 1. The number of ether oxygens (including phenoxy) is 1. The molecule has 1 fully saturated rings. The van der Waals surface area contributed by atoms with Crippen LogP contribution in [0.5, 0.6) is 11.8 Å². The molecule has 0 radical (unpaired) electrons. The van der Waals surface area contributed by atoms with Crippen LogP contribution in [0.4, 0.5) is 0 Å². The highest BCUT2D eigenvalue weighted by Crippen LogP contribution is 2.64. The lowest BCUT2D eigenvalue weighted by Gasteiger charge is -2.25. The molecule has 0 aromatic carbocycles. The van der Waals surface area contributed by atoms with Gasteiger partial charge in [-0.05, 0) is 32.4 Å². The Balaban J connectivity index is 1.98. The summed E-state index contributed by atoms with van der Waals surface area (Å²) in [5, 5.41) is 40.8. The molecule has 0 spiro atoms. The zero-order valence-corrected chi connectivity index (χ0v) is 13.5. The predicted molar refractivity (Wildman–Crippen MR) is 82.8 cm³/mol. The van der Waals surface area contributed by atoms with Crippen LogP contribution in [-0.4, -0.2) is 31.0 Å². The SMILES string of the molecule is Cc1cc(-n2c(O)c3c(c2O)[C@]2(C)C[C@@H](O)[C@@]3(C)O2)cnc1C#N. The third-order valence-electron chi connectivity index (χ3n) is 5.23. The van der Waals surface area contributed by atoms with Crippen LogP contribution in [0.2, 0.25) is 0 Å². The van der Waals surface area contributed by atoms with Crippen molar-refractivity contribution >= 4 is 0 Å². The van der Waals surface area contributed by atoms with Crippen molar-refractivity contribution in [2.75, 3.05) is 0 Å². The van der Waals surface area contributed by atoms with Crippen LogP contribution in [0.15, 0.2) is 12.3 Å². The van der Waals surface area contributed by atoms with Gasteiger partial charge < -0.3 is 20.1 Å². The molecule has 2 aromatic rings. The second-order valence-corrected chi connectivity index (χ2v) is 6.86. The van der Waals surface area contributed by atoms with E-state index in [1.165, 1.54) is 10.8 Å². The van der Waals surface area contributed by atoms with Crippen molar-refractivity contribution < 1.29 is 20.1 Å². The normalized spacial score (nSPS) is 30.4. The minimum Gasteiger partial charge on any atom is -0.494 e. The third-order valence-corrected chi connectivity index (χ3v) is 5.23. The van der Waals surface area contributed by atoms with Crippen LogP contribution < -0.4 is 0 Å². The lowest BCUT2D eigenvalue weighted by Crippen LogP contribution is -2.32. The van der Waals surface area contributed by atoms with Gasteiger partial charge in [-0.15, -0.1) is 0 Å². The maximum atomic E-state index is 10.7. The molecule has 24 heavy (non-hydrogen) atoms. The first-order valence-corrected chi connectivity index (χ1v) is 7.66. The Morgan fingerprint density at radius 3 is 2.62 bits per heavy atom. The quantitative estimate of drug-likeness (QED) is 0.735. The molecule has 3 N–H and O–H groups in total. The van der Waals surface area contributed by atoms with Crippen molar-refractivity contribution in [3.05, 3.63) is 34.6 Å². The minimum absolute atomic E-state index is 0.133. The fourth-order valence-electron chi connectivity index (χ4n) is 4.07. The fraction of sp³-hybridized carbons (Fsp3) is 0.412. The van der Waals surface area contributed by atoms with Gasteiger partial charge in [0.05, 0.1) is 34.7 Å². The van der Waals surface area contributed by atoms with Crippen LogP contribution >= 0.6 is 0 Å². The number of fused-ring (bicyclic) bond motifs is 5. The summed E-state index contributed by atoms with van der Waals surface area (Å²) < 4.78 is 7.22. The predicted octanol–water partition coefficient (Wildman–Crippen LogP) is 1.69. The highest BCUT2D eigenvalue weighted by atomic mass is 16.6. The number of hydrogen-bond donors (Lipinski definition) is 3. The Hall–Kier alpha value is -2.56. The van der Waals surface area contributed by atoms with Gasteiger partial charge in [0.15, 0.2) is 0 Å². The fourth-order valence-corrected chi connectivity index (χ4v) is 4.07. The van der Waals surface area contributed by atoms with Crippen LogP contribution in [0.25, 0.3) is 5.69 Å². The minimum atomic E-state index is -1.06. The van der Waals surface area contributed by atoms with E-state index < -0.39 is 17.3 Å². The van der Waals surface area contributed by atoms with E-state index in [0.717, 1.165) is 0 Å². The number of aliphatic hydroxyl groups is 1. The van der Waals surface area contributed by atoms with Gasteiger partial charge in [-0.25, -0.2) is 9.55 Å². The molecule has 2 bridgehead atoms. The second-order valence-electron chi connectivity index (χ2n) is 6.86. The molecule has 0 aliphatic carbocycles. The Labute approximate surface area is 138 Å². The van der Waals surface area contributed by atoms with E-state index in [1.54, 1.807) is 26.8 Å². The van der Waals surface area contributed by atoms with Gasteiger partial charge in [-0.2, -0.15) is 5.26 Å². The average molecular weight is 327 g/mol. The molecule has 3 atom stereocenters. The summed E-state index contributed by atoms with van der Waals surface area (Å²) in [5.74, 6) is -0.315. The lowest BCUT2D eigenvalue weighted by atomic mass is 9.78. The summed E-state index contributed by atoms with van der Waals surface area (Å²) in [4.78, 5) is 4.06. The summed E-state index contributed by atoms with van der Waals surface area (Å²) in [5.41, 5.74) is 0.349. The van der Waals surface area contributed by atoms with Gasteiger partial charge in [0, 0.05) is 6.42 Å². The highest BCUT2D eigenvalue weighted by molar-refractivity contribution is 5.61. The monoisotopic (exact) mass is 327 g/mol. The summed E-state index contributed by atoms with van der Waals surface area (Å²) >= 11 is 0. The Morgan fingerprint density at radius 1 is 1.33 bits per heavy atom. The summed E-state index contributed by atoms with van der Waals surface area (Å²) in [7, 11) is 0. The van der Waals surface area contributed by atoms with E-state index in [1.807, 2.05) is 6.07 Å². The van der Waals surface area contributed by atoms with E-state index in [2.05, 4.69) is 4.98 Å². The molecule has 4 rings (SSSR count). The van der Waals surface area contributed by atoms with Crippen LogP contribution in [0.3, 0.4) is 0 Å². The maximum absolute atomic E-state index is 10.7. The Morgan fingerprint density at radius 2 is 2.00 bits per heavy atom. The molecule has 2 aliphatic heterocycles. The number of nitriles is 1. The van der Waals surface area contributed by atoms with Gasteiger partial charge in [-0.3, -0.25) is 0 Å². The lowest BCUT2D eigenvalue weighted by molar-refractivity contribution is -0.0936. The van der Waals surface area contributed by atoms with Crippen molar-refractivity contribution in [1.29, 1.82) is 5.26 Å². The first-order chi connectivity index (χ1) is 11.2. The number of aliphatic hydroxyl groups excluding tert-OH is 1. The van der Waals surface area contributed by atoms with Crippen LogP contribution in [0.1, 0.15) is 42.7 Å². The molecular formula is C17H17N3O4. The van der Waals surface area contributed by atoms with Crippen molar-refractivity contribution in [3.63, 3.8) is 0 Å². The zero-order chi connectivity index (χ0) is 17.4. The molecule has 0 saturated carbocycles. The number of nitrogens with zero attached hydrogens (tertiary/aromatic N) is 3. The number of aromatic nitrogens is 2. The van der Waals surface area contributed by atoms with Crippen LogP contribution in [0, 0.1) is 18.3 Å². The standard InChI is InChI=1S/C17H17N3O4/c1-8-4-9(7-19-10(8)6-18)20-14(22)12-13(15(20)23)17(3)11(21)5-16(12,2)24-17/h4,7,11,21-23H,5H2,1-3H3/t11-,16+,17-/m1/s1. The topological polar surface area (TPSA) is 112 Å². The van der Waals surface area contributed by atoms with Crippen molar-refractivity contribution in [1.82, 2.24) is 9.55 Å².